The van der Waals surface area contributed by atoms with Gasteiger partial charge in [0.05, 0.1) is 18.7 Å². The summed E-state index contributed by atoms with van der Waals surface area (Å²) in [6.07, 6.45) is 8.94. The van der Waals surface area contributed by atoms with E-state index in [0.717, 1.165) is 61.1 Å². The van der Waals surface area contributed by atoms with Gasteiger partial charge in [-0.15, -0.1) is 0 Å². The lowest BCUT2D eigenvalue weighted by Gasteiger charge is -2.33. The predicted octanol–water partition coefficient (Wildman–Crippen LogP) is 6.49. The Hall–Kier alpha value is -3.55. The molecule has 1 aliphatic carbocycles. The lowest BCUT2D eigenvalue weighted by molar-refractivity contribution is -0.136. The molecule has 0 spiro atoms. The van der Waals surface area contributed by atoms with E-state index in [4.69, 9.17) is 9.84 Å². The third-order valence-corrected chi connectivity index (χ3v) is 8.27. The standard InChI is InChI=1S/C33H45N3O5/c1-3-4-5-6-18-35-33(40)36-22-23(2)41-30-21-28(15-16-29(30)36)27-13-11-26(12-14-27)25-9-7-24(8-10-25)20-31(37)34-19-17-32(38)39/h11-16,21,23-25H,3-10,17-20,22H2,1-2H3,(H,34,37)(H,35,40)(H,38,39). The van der Waals surface area contributed by atoms with Gasteiger partial charge in [-0.2, -0.15) is 0 Å². The summed E-state index contributed by atoms with van der Waals surface area (Å²) >= 11 is 0. The molecule has 1 aliphatic heterocycles. The number of nitrogens with one attached hydrogen (secondary N) is 2. The van der Waals surface area contributed by atoms with Gasteiger partial charge in [-0.25, -0.2) is 4.79 Å². The van der Waals surface area contributed by atoms with Crippen LogP contribution < -0.4 is 20.3 Å². The number of nitrogens with zero attached hydrogens (tertiary/aromatic N) is 1. The van der Waals surface area contributed by atoms with Crippen molar-refractivity contribution in [3.05, 3.63) is 48.0 Å². The molecule has 1 unspecified atom stereocenters. The van der Waals surface area contributed by atoms with Gasteiger partial charge in [0.1, 0.15) is 11.9 Å². The van der Waals surface area contributed by atoms with Crippen LogP contribution in [0.15, 0.2) is 42.5 Å². The second kappa shape index (κ2) is 14.9. The summed E-state index contributed by atoms with van der Waals surface area (Å²) < 4.78 is 6.14. The van der Waals surface area contributed by atoms with E-state index in [-0.39, 0.29) is 31.0 Å². The van der Waals surface area contributed by atoms with Crippen molar-refractivity contribution in [3.63, 3.8) is 0 Å². The van der Waals surface area contributed by atoms with Crippen LogP contribution in [0.2, 0.25) is 0 Å². The largest absolute Gasteiger partial charge is 0.487 e. The lowest BCUT2D eigenvalue weighted by Crippen LogP contribution is -2.47. The van der Waals surface area contributed by atoms with Crippen LogP contribution in [0.5, 0.6) is 5.75 Å². The highest BCUT2D eigenvalue weighted by atomic mass is 16.5. The van der Waals surface area contributed by atoms with Crippen molar-refractivity contribution in [1.82, 2.24) is 10.6 Å². The maximum absolute atomic E-state index is 12.9. The van der Waals surface area contributed by atoms with Gasteiger partial charge in [-0.3, -0.25) is 14.5 Å². The number of carbonyl (C=O) groups excluding carboxylic acids is 2. The zero-order valence-corrected chi connectivity index (χ0v) is 24.5. The summed E-state index contributed by atoms with van der Waals surface area (Å²) in [6.45, 7) is 5.58. The van der Waals surface area contributed by atoms with Crippen molar-refractivity contribution in [3.8, 4) is 16.9 Å². The van der Waals surface area contributed by atoms with Gasteiger partial charge >= 0.3 is 12.0 Å². The van der Waals surface area contributed by atoms with Crippen LogP contribution in [-0.2, 0) is 9.59 Å². The fraction of sp³-hybridized carbons (Fsp3) is 0.545. The number of benzene rings is 2. The molecule has 8 nitrogen and oxygen atoms in total. The molecule has 41 heavy (non-hydrogen) atoms. The third-order valence-electron chi connectivity index (χ3n) is 8.27. The molecule has 1 saturated carbocycles. The maximum atomic E-state index is 12.9. The molecule has 0 bridgehead atoms. The van der Waals surface area contributed by atoms with Crippen molar-refractivity contribution in [1.29, 1.82) is 0 Å². The van der Waals surface area contributed by atoms with E-state index < -0.39 is 5.97 Å². The Morgan fingerprint density at radius 2 is 1.66 bits per heavy atom. The Morgan fingerprint density at radius 3 is 2.37 bits per heavy atom. The second-order valence-corrected chi connectivity index (χ2v) is 11.6. The summed E-state index contributed by atoms with van der Waals surface area (Å²) in [5.74, 6) is 0.629. The Bertz CT molecular complexity index is 1170. The van der Waals surface area contributed by atoms with Gasteiger partial charge in [-0.05, 0) is 79.7 Å². The number of fused-ring (bicyclic) bond motifs is 1. The summed E-state index contributed by atoms with van der Waals surface area (Å²) in [7, 11) is 0. The van der Waals surface area contributed by atoms with Crippen LogP contribution in [0.1, 0.15) is 89.5 Å². The molecule has 1 fully saturated rings. The van der Waals surface area contributed by atoms with Crippen molar-refractivity contribution in [2.24, 2.45) is 5.92 Å². The number of urea groups is 1. The molecule has 2 aliphatic rings. The molecule has 1 heterocycles. The van der Waals surface area contributed by atoms with Gasteiger partial charge in [0.2, 0.25) is 5.91 Å². The number of carboxylic acid groups (broad SMARTS) is 1. The number of ether oxygens (including phenoxy) is 1. The first-order chi connectivity index (χ1) is 19.8. The first kappa shape index (κ1) is 30.4. The molecule has 222 valence electrons. The normalized spacial score (nSPS) is 20.0. The quantitative estimate of drug-likeness (QED) is 0.256. The predicted molar refractivity (Wildman–Crippen MR) is 161 cm³/mol. The second-order valence-electron chi connectivity index (χ2n) is 11.6. The van der Waals surface area contributed by atoms with E-state index in [1.807, 2.05) is 19.1 Å². The Morgan fingerprint density at radius 1 is 0.927 bits per heavy atom. The number of carboxylic acids is 1. The number of amides is 3. The first-order valence-corrected chi connectivity index (χ1v) is 15.3. The van der Waals surface area contributed by atoms with Gasteiger partial charge in [-0.1, -0.05) is 56.5 Å². The SMILES string of the molecule is CCCCCCNC(=O)N1CC(C)Oc2cc(-c3ccc(C4CCC(CC(=O)NCCC(=O)O)CC4)cc3)ccc21. The zero-order chi connectivity index (χ0) is 29.2. The minimum atomic E-state index is -0.897. The highest BCUT2D eigenvalue weighted by Crippen LogP contribution is 2.39. The minimum Gasteiger partial charge on any atom is -0.487 e. The Balaban J connectivity index is 1.32. The van der Waals surface area contributed by atoms with Gasteiger partial charge < -0.3 is 20.5 Å². The zero-order valence-electron chi connectivity index (χ0n) is 24.5. The third kappa shape index (κ3) is 8.72. The van der Waals surface area contributed by atoms with Crippen molar-refractivity contribution < 1.29 is 24.2 Å². The van der Waals surface area contributed by atoms with Crippen LogP contribution in [0, 0.1) is 5.92 Å². The van der Waals surface area contributed by atoms with Crippen LogP contribution in [-0.4, -0.2) is 48.8 Å². The van der Waals surface area contributed by atoms with E-state index in [0.29, 0.717) is 31.3 Å². The summed E-state index contributed by atoms with van der Waals surface area (Å²) in [5.41, 5.74) is 4.29. The average molecular weight is 564 g/mol. The maximum Gasteiger partial charge on any atom is 0.322 e. The van der Waals surface area contributed by atoms with Gasteiger partial charge in [0.15, 0.2) is 0 Å². The van der Waals surface area contributed by atoms with E-state index in [2.05, 4.69) is 47.9 Å². The van der Waals surface area contributed by atoms with Crippen LogP contribution in [0.3, 0.4) is 0 Å². The number of hydrogen-bond donors (Lipinski definition) is 3. The van der Waals surface area contributed by atoms with E-state index >= 15 is 0 Å². The lowest BCUT2D eigenvalue weighted by atomic mass is 9.77. The fourth-order valence-corrected chi connectivity index (χ4v) is 5.95. The molecule has 2 aromatic carbocycles. The van der Waals surface area contributed by atoms with E-state index in [1.54, 1.807) is 4.90 Å². The number of aliphatic carboxylic acids is 1. The molecule has 1 atom stereocenters. The van der Waals surface area contributed by atoms with Crippen LogP contribution in [0.4, 0.5) is 10.5 Å². The first-order valence-electron chi connectivity index (χ1n) is 15.3. The van der Waals surface area contributed by atoms with Crippen molar-refractivity contribution in [2.45, 2.75) is 90.1 Å². The molecular formula is C33H45N3O5. The monoisotopic (exact) mass is 563 g/mol. The number of carbonyl (C=O) groups is 3. The molecule has 0 saturated heterocycles. The van der Waals surface area contributed by atoms with Gasteiger partial charge in [0, 0.05) is 19.5 Å². The molecule has 3 amide bonds. The topological polar surface area (TPSA) is 108 Å². The molecule has 2 aromatic rings. The highest BCUT2D eigenvalue weighted by molar-refractivity contribution is 5.94. The van der Waals surface area contributed by atoms with Crippen molar-refractivity contribution in [2.75, 3.05) is 24.5 Å². The van der Waals surface area contributed by atoms with Crippen molar-refractivity contribution >= 4 is 23.6 Å². The average Bonchev–Trinajstić information content (AvgIpc) is 2.96. The van der Waals surface area contributed by atoms with Gasteiger partial charge in [0.25, 0.3) is 0 Å². The minimum absolute atomic E-state index is 0.0407. The molecule has 0 radical (unpaired) electrons. The number of unbranched alkanes of at least 4 members (excludes halogenated alkanes) is 3. The molecule has 4 rings (SSSR count). The van der Waals surface area contributed by atoms with E-state index in [9.17, 15) is 14.4 Å². The fourth-order valence-electron chi connectivity index (χ4n) is 5.95. The summed E-state index contributed by atoms with van der Waals surface area (Å²) in [5, 5.41) is 14.5. The molecule has 8 heteroatoms. The Kier molecular flexibility index (Phi) is 11.0. The highest BCUT2D eigenvalue weighted by Gasteiger charge is 2.28. The molecule has 0 aromatic heterocycles. The number of anilines is 1. The smallest absolute Gasteiger partial charge is 0.322 e. The molecular weight excluding hydrogens is 518 g/mol. The molecule has 3 N–H and O–H groups in total. The van der Waals surface area contributed by atoms with E-state index in [1.165, 1.54) is 18.4 Å². The Labute approximate surface area is 243 Å². The van der Waals surface area contributed by atoms with Crippen LogP contribution in [0.25, 0.3) is 11.1 Å². The summed E-state index contributed by atoms with van der Waals surface area (Å²) in [6, 6.07) is 14.7. The number of hydrogen-bond acceptors (Lipinski definition) is 4. The number of rotatable bonds is 12. The summed E-state index contributed by atoms with van der Waals surface area (Å²) in [4.78, 5) is 37.5. The van der Waals surface area contributed by atoms with Crippen LogP contribution >= 0.6 is 0 Å².